The molecule has 0 radical (unpaired) electrons. The minimum Gasteiger partial charge on any atom is -0.506 e. The second-order valence-corrected chi connectivity index (χ2v) is 5.98. The number of fused-ring (bicyclic) bond motifs is 1. The molecule has 0 atom stereocenters. The number of benzene rings is 2. The Bertz CT molecular complexity index is 867. The molecule has 2 aromatic carbocycles. The number of halogens is 2. The van der Waals surface area contributed by atoms with Crippen molar-refractivity contribution >= 4 is 44.3 Å². The van der Waals surface area contributed by atoms with E-state index in [1.54, 1.807) is 18.2 Å². The summed E-state index contributed by atoms with van der Waals surface area (Å²) >= 11 is 9.25. The number of aromatic hydroxyl groups is 1. The zero-order valence-electron chi connectivity index (χ0n) is 11.4. The Kier molecular flexibility index (Phi) is 4.36. The molecule has 0 fully saturated rings. The first kappa shape index (κ1) is 14.9. The fourth-order valence-electron chi connectivity index (χ4n) is 2.03. The monoisotopic (exact) mass is 375 g/mol. The molecule has 22 heavy (non-hydrogen) atoms. The van der Waals surface area contributed by atoms with E-state index >= 15 is 0 Å². The van der Waals surface area contributed by atoms with Crippen LogP contribution >= 0.6 is 27.5 Å². The second-order valence-electron chi connectivity index (χ2n) is 4.66. The molecule has 0 spiro atoms. The lowest BCUT2D eigenvalue weighted by Crippen LogP contribution is -1.84. The van der Waals surface area contributed by atoms with Crippen LogP contribution in [0.15, 0.2) is 63.2 Å². The fraction of sp³-hybridized carbons (Fsp3) is 0.0625. The van der Waals surface area contributed by atoms with Gasteiger partial charge in [0.2, 0.25) is 0 Å². The van der Waals surface area contributed by atoms with Crippen molar-refractivity contribution in [2.45, 2.75) is 6.54 Å². The van der Waals surface area contributed by atoms with Crippen LogP contribution in [-0.4, -0.2) is 10.1 Å². The predicted octanol–water partition coefficient (Wildman–Crippen LogP) is 5.64. The summed E-state index contributed by atoms with van der Waals surface area (Å²) in [7, 11) is 0. The van der Waals surface area contributed by atoms with Crippen LogP contribution in [0.4, 0.5) is 5.82 Å². The van der Waals surface area contributed by atoms with Gasteiger partial charge >= 0.3 is 0 Å². The Labute approximate surface area is 140 Å². The molecular formula is C16H11BrClN3O. The topological polar surface area (TPSA) is 57.8 Å². The minimum atomic E-state index is 0.0234. The maximum atomic E-state index is 9.89. The van der Waals surface area contributed by atoms with E-state index in [1.165, 1.54) is 0 Å². The Morgan fingerprint density at radius 2 is 1.95 bits per heavy atom. The van der Waals surface area contributed by atoms with Gasteiger partial charge < -0.3 is 5.11 Å². The van der Waals surface area contributed by atoms with Gasteiger partial charge in [0.25, 0.3) is 0 Å². The number of azo groups is 1. The molecule has 0 aliphatic carbocycles. The normalized spacial score (nSPS) is 11.4. The molecule has 0 aliphatic rings. The van der Waals surface area contributed by atoms with Crippen LogP contribution in [0.5, 0.6) is 5.75 Å². The van der Waals surface area contributed by atoms with Crippen molar-refractivity contribution in [1.29, 1.82) is 0 Å². The van der Waals surface area contributed by atoms with Gasteiger partial charge in [-0.15, -0.1) is 5.11 Å². The van der Waals surface area contributed by atoms with Gasteiger partial charge in [0.1, 0.15) is 5.75 Å². The number of phenols is 1. The first-order chi connectivity index (χ1) is 10.6. The molecule has 0 saturated heterocycles. The molecule has 1 heterocycles. The highest BCUT2D eigenvalue weighted by atomic mass is 79.9. The van der Waals surface area contributed by atoms with Gasteiger partial charge in [-0.2, -0.15) is 5.11 Å². The lowest BCUT2D eigenvalue weighted by atomic mass is 10.2. The van der Waals surface area contributed by atoms with Gasteiger partial charge in [-0.05, 0) is 30.3 Å². The van der Waals surface area contributed by atoms with Crippen molar-refractivity contribution in [1.82, 2.24) is 4.98 Å². The lowest BCUT2D eigenvalue weighted by Gasteiger charge is -2.04. The summed E-state index contributed by atoms with van der Waals surface area (Å²) in [6, 6.07) is 14.9. The highest BCUT2D eigenvalue weighted by Gasteiger charge is 2.07. The Balaban J connectivity index is 1.81. The third kappa shape index (κ3) is 3.26. The van der Waals surface area contributed by atoms with Crippen LogP contribution in [0, 0.1) is 0 Å². The Hall–Kier alpha value is -1.98. The van der Waals surface area contributed by atoms with E-state index in [2.05, 4.69) is 31.1 Å². The maximum absolute atomic E-state index is 9.89. The average Bonchev–Trinajstić information content (AvgIpc) is 2.52. The third-order valence-corrected chi connectivity index (χ3v) is 3.85. The molecule has 0 aliphatic heterocycles. The summed E-state index contributed by atoms with van der Waals surface area (Å²) in [5, 5.41) is 19.4. The number of pyridine rings is 1. The second kappa shape index (κ2) is 6.42. The zero-order chi connectivity index (χ0) is 15.5. The van der Waals surface area contributed by atoms with Gasteiger partial charge in [0.05, 0.1) is 17.1 Å². The van der Waals surface area contributed by atoms with Crippen LogP contribution in [0.25, 0.3) is 10.9 Å². The predicted molar refractivity (Wildman–Crippen MR) is 90.8 cm³/mol. The largest absolute Gasteiger partial charge is 0.506 e. The molecule has 1 aromatic heterocycles. The molecule has 1 N–H and O–H groups in total. The number of hydrogen-bond donors (Lipinski definition) is 1. The smallest absolute Gasteiger partial charge is 0.174 e. The molecule has 3 aromatic rings. The first-order valence-corrected chi connectivity index (χ1v) is 7.71. The molecule has 4 nitrogen and oxygen atoms in total. The highest BCUT2D eigenvalue weighted by molar-refractivity contribution is 9.10. The average molecular weight is 377 g/mol. The van der Waals surface area contributed by atoms with E-state index in [9.17, 15) is 5.11 Å². The SMILES string of the molecule is Oc1c(Cl)cc(Br)cc1CN=Nc1ccc2ccccc2n1. The number of rotatable bonds is 3. The third-order valence-electron chi connectivity index (χ3n) is 3.11. The van der Waals surface area contributed by atoms with Crippen molar-refractivity contribution in [2.24, 2.45) is 10.2 Å². The molecule has 0 saturated carbocycles. The number of para-hydroxylation sites is 1. The first-order valence-electron chi connectivity index (χ1n) is 6.53. The molecule has 6 heteroatoms. The van der Waals surface area contributed by atoms with Crippen LogP contribution in [-0.2, 0) is 6.54 Å². The van der Waals surface area contributed by atoms with Gasteiger partial charge in [-0.3, -0.25) is 0 Å². The molecule has 3 rings (SSSR count). The number of phenolic OH excluding ortho intramolecular Hbond substituents is 1. The lowest BCUT2D eigenvalue weighted by molar-refractivity contribution is 0.468. The van der Waals surface area contributed by atoms with Gasteiger partial charge in [-0.25, -0.2) is 4.98 Å². The maximum Gasteiger partial charge on any atom is 0.174 e. The molecule has 110 valence electrons. The van der Waals surface area contributed by atoms with Gasteiger partial charge in [0, 0.05) is 15.4 Å². The van der Waals surface area contributed by atoms with E-state index in [0.717, 1.165) is 15.4 Å². The van der Waals surface area contributed by atoms with E-state index in [0.29, 0.717) is 11.4 Å². The van der Waals surface area contributed by atoms with Crippen molar-refractivity contribution in [3.63, 3.8) is 0 Å². The summed E-state index contributed by atoms with van der Waals surface area (Å²) < 4.78 is 0.782. The summed E-state index contributed by atoms with van der Waals surface area (Å²) in [6.45, 7) is 0.222. The van der Waals surface area contributed by atoms with E-state index in [-0.39, 0.29) is 17.3 Å². The van der Waals surface area contributed by atoms with E-state index in [1.807, 2.05) is 30.3 Å². The van der Waals surface area contributed by atoms with Crippen molar-refractivity contribution in [3.05, 3.63) is 63.6 Å². The van der Waals surface area contributed by atoms with Crippen molar-refractivity contribution < 1.29 is 5.11 Å². The summed E-state index contributed by atoms with van der Waals surface area (Å²) in [5.41, 5.74) is 1.47. The Morgan fingerprint density at radius 1 is 1.14 bits per heavy atom. The van der Waals surface area contributed by atoms with E-state index in [4.69, 9.17) is 11.6 Å². The summed E-state index contributed by atoms with van der Waals surface area (Å²) in [4.78, 5) is 4.41. The summed E-state index contributed by atoms with van der Waals surface area (Å²) in [6.07, 6.45) is 0. The number of hydrogen-bond acceptors (Lipinski definition) is 4. The van der Waals surface area contributed by atoms with Crippen LogP contribution in [0.3, 0.4) is 0 Å². The molecular weight excluding hydrogens is 366 g/mol. The van der Waals surface area contributed by atoms with E-state index < -0.39 is 0 Å². The van der Waals surface area contributed by atoms with Crippen LogP contribution in [0.1, 0.15) is 5.56 Å². The van der Waals surface area contributed by atoms with Crippen molar-refractivity contribution in [2.75, 3.05) is 0 Å². The molecule has 0 amide bonds. The van der Waals surface area contributed by atoms with Crippen LogP contribution in [0.2, 0.25) is 5.02 Å². The van der Waals surface area contributed by atoms with Gasteiger partial charge in [-0.1, -0.05) is 45.7 Å². The minimum absolute atomic E-state index is 0.0234. The fourth-order valence-corrected chi connectivity index (χ4v) is 2.91. The standard InChI is InChI=1S/C16H11BrClN3O/c17-12-7-11(16(22)13(18)8-12)9-19-21-15-6-5-10-3-1-2-4-14(10)20-15/h1-8,22H,9H2. The Morgan fingerprint density at radius 3 is 2.82 bits per heavy atom. The summed E-state index contributed by atoms with van der Waals surface area (Å²) in [5.74, 6) is 0.551. The number of nitrogens with zero attached hydrogens (tertiary/aromatic N) is 3. The highest BCUT2D eigenvalue weighted by Crippen LogP contribution is 2.32. The quantitative estimate of drug-likeness (QED) is 0.601. The van der Waals surface area contributed by atoms with Gasteiger partial charge in [0.15, 0.2) is 5.82 Å². The molecule has 0 bridgehead atoms. The number of aromatic nitrogens is 1. The van der Waals surface area contributed by atoms with Crippen molar-refractivity contribution in [3.8, 4) is 5.75 Å². The molecule has 0 unspecified atom stereocenters. The van der Waals surface area contributed by atoms with Crippen LogP contribution < -0.4 is 0 Å². The zero-order valence-corrected chi connectivity index (χ0v) is 13.7.